The lowest BCUT2D eigenvalue weighted by atomic mass is 9.86. The van der Waals surface area contributed by atoms with Crippen molar-refractivity contribution in [3.63, 3.8) is 0 Å². The van der Waals surface area contributed by atoms with Crippen LogP contribution in [0.1, 0.15) is 30.3 Å². The van der Waals surface area contributed by atoms with Gasteiger partial charge in [0.15, 0.2) is 0 Å². The summed E-state index contributed by atoms with van der Waals surface area (Å²) in [6.07, 6.45) is 5.54. The van der Waals surface area contributed by atoms with Gasteiger partial charge in [-0.05, 0) is 49.5 Å². The normalized spacial score (nSPS) is 29.4. The topological polar surface area (TPSA) is 50.6 Å². The first-order chi connectivity index (χ1) is 13.2. The Morgan fingerprint density at radius 1 is 1.11 bits per heavy atom. The highest BCUT2D eigenvalue weighted by molar-refractivity contribution is 5.69. The first kappa shape index (κ1) is 16.7. The van der Waals surface area contributed by atoms with Crippen LogP contribution < -0.4 is 0 Å². The van der Waals surface area contributed by atoms with Crippen LogP contribution in [-0.2, 0) is 11.3 Å². The summed E-state index contributed by atoms with van der Waals surface area (Å²) in [7, 11) is 0. The van der Waals surface area contributed by atoms with E-state index < -0.39 is 0 Å². The molecule has 6 nitrogen and oxygen atoms in total. The number of amides is 1. The Morgan fingerprint density at radius 3 is 2.59 bits per heavy atom. The highest BCUT2D eigenvalue weighted by Gasteiger charge is 2.40. The third-order valence-corrected chi connectivity index (χ3v) is 6.15. The summed E-state index contributed by atoms with van der Waals surface area (Å²) in [6.45, 7) is 4.28. The molecule has 142 valence electrons. The largest absolute Gasteiger partial charge is 0.444 e. The van der Waals surface area contributed by atoms with Gasteiger partial charge in [-0.3, -0.25) is 9.80 Å². The van der Waals surface area contributed by atoms with E-state index in [1.165, 1.54) is 12.1 Å². The Bertz CT molecular complexity index is 829. The zero-order chi connectivity index (χ0) is 18.4. The van der Waals surface area contributed by atoms with Crippen molar-refractivity contribution in [2.75, 3.05) is 26.2 Å². The summed E-state index contributed by atoms with van der Waals surface area (Å²) >= 11 is 0. The number of nitrogens with zero attached hydrogens (tertiary/aromatic N) is 4. The molecule has 4 aliphatic rings. The molecule has 3 saturated heterocycles. The minimum atomic E-state index is -0.358. The Kier molecular flexibility index (Phi) is 4.11. The second-order valence-corrected chi connectivity index (χ2v) is 7.69. The van der Waals surface area contributed by atoms with Crippen molar-refractivity contribution in [3.05, 3.63) is 53.9 Å². The second-order valence-electron chi connectivity index (χ2n) is 7.69. The van der Waals surface area contributed by atoms with E-state index in [9.17, 15) is 9.18 Å². The van der Waals surface area contributed by atoms with Gasteiger partial charge in [-0.25, -0.2) is 14.2 Å². The van der Waals surface area contributed by atoms with Crippen LogP contribution in [0.4, 0.5) is 9.18 Å². The van der Waals surface area contributed by atoms with E-state index in [4.69, 9.17) is 4.74 Å². The lowest BCUT2D eigenvalue weighted by molar-refractivity contribution is -0.0474. The van der Waals surface area contributed by atoms with Crippen LogP contribution in [0.5, 0.6) is 0 Å². The van der Waals surface area contributed by atoms with Gasteiger partial charge < -0.3 is 9.30 Å². The molecule has 0 radical (unpaired) electrons. The van der Waals surface area contributed by atoms with Crippen LogP contribution in [0.3, 0.4) is 0 Å². The van der Waals surface area contributed by atoms with Crippen LogP contribution in [0, 0.1) is 11.7 Å². The van der Waals surface area contributed by atoms with E-state index in [0.717, 1.165) is 43.9 Å². The highest BCUT2D eigenvalue weighted by Crippen LogP contribution is 2.34. The lowest BCUT2D eigenvalue weighted by Gasteiger charge is -2.45. The van der Waals surface area contributed by atoms with Gasteiger partial charge in [-0.1, -0.05) is 12.1 Å². The highest BCUT2D eigenvalue weighted by atomic mass is 19.1. The molecule has 2 bridgehead atoms. The Morgan fingerprint density at radius 2 is 1.89 bits per heavy atom. The molecular weight excluding hydrogens is 347 g/mol. The summed E-state index contributed by atoms with van der Waals surface area (Å²) < 4.78 is 21.4. The molecule has 0 saturated carbocycles. The first-order valence-corrected chi connectivity index (χ1v) is 9.65. The molecule has 2 atom stereocenters. The average Bonchev–Trinajstić information content (AvgIpc) is 3.18. The molecule has 3 fully saturated rings. The minimum absolute atomic E-state index is 0.0319. The zero-order valence-electron chi connectivity index (χ0n) is 15.1. The van der Waals surface area contributed by atoms with Gasteiger partial charge in [-0.15, -0.1) is 0 Å². The van der Waals surface area contributed by atoms with E-state index in [0.29, 0.717) is 19.0 Å². The maximum atomic E-state index is 13.4. The maximum absolute atomic E-state index is 13.4. The summed E-state index contributed by atoms with van der Waals surface area (Å²) in [5.74, 6) is 0.966. The molecule has 6 rings (SSSR count). The number of fused-ring (bicyclic) bond motifs is 4. The summed E-state index contributed by atoms with van der Waals surface area (Å²) in [5, 5.41) is 0. The fourth-order valence-corrected chi connectivity index (χ4v) is 4.65. The van der Waals surface area contributed by atoms with E-state index >= 15 is 0 Å². The molecule has 0 aliphatic carbocycles. The van der Waals surface area contributed by atoms with Gasteiger partial charge >= 0.3 is 6.09 Å². The predicted octanol–water partition coefficient (Wildman–Crippen LogP) is 2.66. The van der Waals surface area contributed by atoms with Crippen LogP contribution in [0.15, 0.2) is 36.7 Å². The third kappa shape index (κ3) is 3.00. The number of halogens is 1. The van der Waals surface area contributed by atoms with Crippen molar-refractivity contribution in [2.45, 2.75) is 31.5 Å². The van der Waals surface area contributed by atoms with Gasteiger partial charge in [0.05, 0.1) is 0 Å². The molecule has 1 amide bonds. The number of hydrogen-bond acceptors (Lipinski definition) is 4. The van der Waals surface area contributed by atoms with Gasteiger partial charge in [0, 0.05) is 32.0 Å². The van der Waals surface area contributed by atoms with Crippen LogP contribution in [0.2, 0.25) is 0 Å². The predicted molar refractivity (Wildman–Crippen MR) is 96.6 cm³/mol. The van der Waals surface area contributed by atoms with E-state index in [1.54, 1.807) is 23.2 Å². The monoisotopic (exact) mass is 370 g/mol. The molecule has 1 aromatic carbocycles. The van der Waals surface area contributed by atoms with Crippen LogP contribution in [-0.4, -0.2) is 57.7 Å². The molecule has 7 heteroatoms. The van der Waals surface area contributed by atoms with Crippen molar-refractivity contribution in [1.82, 2.24) is 19.4 Å². The molecule has 1 unspecified atom stereocenters. The molecule has 4 aliphatic heterocycles. The number of benzene rings is 1. The summed E-state index contributed by atoms with van der Waals surface area (Å²) in [4.78, 5) is 21.7. The maximum Gasteiger partial charge on any atom is 0.411 e. The molecule has 5 heterocycles. The molecule has 0 spiro atoms. The molecule has 1 aromatic heterocycles. The number of carbonyl (C=O) groups excluding carboxylic acids is 1. The lowest BCUT2D eigenvalue weighted by Crippen LogP contribution is -2.53. The number of aromatic nitrogens is 2. The van der Waals surface area contributed by atoms with Gasteiger partial charge in [0.2, 0.25) is 0 Å². The Balaban J connectivity index is 1.41. The number of ether oxygens (including phenoxy) is 1. The first-order valence-electron chi connectivity index (χ1n) is 9.65. The van der Waals surface area contributed by atoms with Crippen molar-refractivity contribution >= 4 is 6.09 Å². The number of imidazole rings is 1. The van der Waals surface area contributed by atoms with Crippen molar-refractivity contribution in [2.24, 2.45) is 5.92 Å². The zero-order valence-corrected chi connectivity index (χ0v) is 15.1. The smallest absolute Gasteiger partial charge is 0.411 e. The average molecular weight is 370 g/mol. The van der Waals surface area contributed by atoms with Crippen molar-refractivity contribution in [1.29, 1.82) is 0 Å². The number of rotatable bonds is 2. The molecule has 2 aromatic rings. The number of hydrogen-bond donors (Lipinski definition) is 0. The third-order valence-electron chi connectivity index (χ3n) is 6.15. The van der Waals surface area contributed by atoms with Crippen LogP contribution >= 0.6 is 0 Å². The molecular formula is C20H23FN4O2. The van der Waals surface area contributed by atoms with Gasteiger partial charge in [-0.2, -0.15) is 0 Å². The van der Waals surface area contributed by atoms with Crippen LogP contribution in [0.25, 0.3) is 0 Å². The number of carbonyl (C=O) groups is 1. The quantitative estimate of drug-likeness (QED) is 0.816. The standard InChI is InChI=1S/C20H23FN4O2/c21-16-3-1-15(2-4-16)18-19-22-7-10-24(19)11-12-25(18)20(26)27-17-13-23-8-5-14(17)6-9-23/h1-4,7,10,14,17-18H,5-6,8-9,11-13H2/t17-,18?/m1/s1. The second kappa shape index (κ2) is 6.64. The SMILES string of the molecule is O=C(O[C@@H]1CN2CCC1CC2)N1CCn2ccnc2C1c1ccc(F)cc1. The Labute approximate surface area is 157 Å². The van der Waals surface area contributed by atoms with Crippen molar-refractivity contribution in [3.8, 4) is 0 Å². The molecule has 0 N–H and O–H groups in total. The fraction of sp³-hybridized carbons (Fsp3) is 0.500. The Hall–Kier alpha value is -2.41. The summed E-state index contributed by atoms with van der Waals surface area (Å²) in [5.41, 5.74) is 0.842. The summed E-state index contributed by atoms with van der Waals surface area (Å²) in [6, 6.07) is 5.93. The van der Waals surface area contributed by atoms with E-state index in [1.807, 2.05) is 10.8 Å². The van der Waals surface area contributed by atoms with E-state index in [-0.39, 0.29) is 24.1 Å². The molecule has 27 heavy (non-hydrogen) atoms. The number of piperidine rings is 3. The minimum Gasteiger partial charge on any atom is -0.444 e. The van der Waals surface area contributed by atoms with Gasteiger partial charge in [0.25, 0.3) is 0 Å². The van der Waals surface area contributed by atoms with Crippen molar-refractivity contribution < 1.29 is 13.9 Å². The van der Waals surface area contributed by atoms with Gasteiger partial charge in [0.1, 0.15) is 23.8 Å². The fourth-order valence-electron chi connectivity index (χ4n) is 4.65. The van der Waals surface area contributed by atoms with E-state index in [2.05, 4.69) is 9.88 Å².